The van der Waals surface area contributed by atoms with E-state index in [2.05, 4.69) is 35.2 Å². The van der Waals surface area contributed by atoms with E-state index in [1.807, 2.05) is 6.07 Å². The van der Waals surface area contributed by atoms with Crippen molar-refractivity contribution in [2.24, 2.45) is 0 Å². The van der Waals surface area contributed by atoms with Gasteiger partial charge in [0.15, 0.2) is 11.5 Å². The molecule has 5 aromatic rings. The molecule has 0 spiro atoms. The quantitative estimate of drug-likeness (QED) is 0.289. The number of nitrogens with zero attached hydrogens (tertiary/aromatic N) is 4. The fraction of sp³-hybridized carbons (Fsp3) is 0.0833. The molecular weight excluding hydrogens is 483 g/mol. The molecule has 0 radical (unpaired) electrons. The smallest absolute Gasteiger partial charge is 0.229 e. The largest absolute Gasteiger partial charge is 0.385 e. The highest BCUT2D eigenvalue weighted by atomic mass is 32.2. The van der Waals surface area contributed by atoms with Crippen LogP contribution in [0.3, 0.4) is 0 Å². The fourth-order valence-electron chi connectivity index (χ4n) is 4.19. The van der Waals surface area contributed by atoms with E-state index in [9.17, 15) is 12.8 Å². The number of rotatable bonds is 5. The van der Waals surface area contributed by atoms with Crippen molar-refractivity contribution in [3.8, 4) is 22.6 Å². The first-order valence-corrected chi connectivity index (χ1v) is 12.8. The van der Waals surface area contributed by atoms with Gasteiger partial charge in [0.25, 0.3) is 0 Å². The zero-order valence-electron chi connectivity index (χ0n) is 18.9. The molecule has 1 aromatic carbocycles. The summed E-state index contributed by atoms with van der Waals surface area (Å²) in [6.45, 7) is 0.516. The highest BCUT2D eigenvalue weighted by Crippen LogP contribution is 2.33. The van der Waals surface area contributed by atoms with E-state index in [1.165, 1.54) is 12.3 Å². The minimum absolute atomic E-state index is 0.329. The Balaban J connectivity index is 1.41. The normalized spacial score (nSPS) is 13.2. The van der Waals surface area contributed by atoms with Crippen molar-refractivity contribution < 1.29 is 12.8 Å². The van der Waals surface area contributed by atoms with Crippen molar-refractivity contribution in [1.82, 2.24) is 35.5 Å². The van der Waals surface area contributed by atoms with Crippen LogP contribution < -0.4 is 10.0 Å². The Hall–Kier alpha value is -4.58. The third kappa shape index (κ3) is 3.96. The molecule has 4 N–H and O–H groups in total. The first kappa shape index (κ1) is 21.9. The second-order valence-corrected chi connectivity index (χ2v) is 10.1. The molecule has 0 aliphatic carbocycles. The number of imidazole rings is 1. The highest BCUT2D eigenvalue weighted by molar-refractivity contribution is 7.92. The first-order chi connectivity index (χ1) is 17.4. The Morgan fingerprint density at radius 3 is 2.75 bits per heavy atom. The summed E-state index contributed by atoms with van der Waals surface area (Å²) in [5.41, 5.74) is 5.45. The molecule has 0 unspecified atom stereocenters. The van der Waals surface area contributed by atoms with Crippen LogP contribution in [0.1, 0.15) is 17.0 Å². The lowest BCUT2D eigenvalue weighted by Gasteiger charge is -2.14. The van der Waals surface area contributed by atoms with E-state index in [0.29, 0.717) is 57.2 Å². The van der Waals surface area contributed by atoms with E-state index in [4.69, 9.17) is 4.98 Å². The number of aromatic amines is 2. The molecule has 36 heavy (non-hydrogen) atoms. The maximum absolute atomic E-state index is 14.5. The summed E-state index contributed by atoms with van der Waals surface area (Å²) in [5, 5.41) is 11.2. The molecule has 0 saturated heterocycles. The van der Waals surface area contributed by atoms with Gasteiger partial charge in [0, 0.05) is 40.9 Å². The van der Waals surface area contributed by atoms with Gasteiger partial charge in [-0.05, 0) is 18.2 Å². The van der Waals surface area contributed by atoms with Crippen LogP contribution in [-0.4, -0.2) is 44.8 Å². The van der Waals surface area contributed by atoms with Crippen LogP contribution in [-0.2, 0) is 16.6 Å². The van der Waals surface area contributed by atoms with E-state index < -0.39 is 10.0 Å². The maximum atomic E-state index is 14.5. The second kappa shape index (κ2) is 8.27. The van der Waals surface area contributed by atoms with Crippen LogP contribution in [0.5, 0.6) is 0 Å². The van der Waals surface area contributed by atoms with Gasteiger partial charge in [-0.15, -0.1) is 0 Å². The average Bonchev–Trinajstić information content (AvgIpc) is 3.47. The summed E-state index contributed by atoms with van der Waals surface area (Å²) in [5.74, 6) is 0.211. The number of H-pyrrole nitrogens is 2. The maximum Gasteiger partial charge on any atom is 0.229 e. The average molecular weight is 503 g/mol. The zero-order valence-corrected chi connectivity index (χ0v) is 19.7. The third-order valence-corrected chi connectivity index (χ3v) is 6.35. The van der Waals surface area contributed by atoms with Crippen LogP contribution in [0, 0.1) is 5.82 Å². The van der Waals surface area contributed by atoms with Gasteiger partial charge in [0.2, 0.25) is 10.0 Å². The molecule has 0 saturated carbocycles. The number of hydrogen-bond acceptors (Lipinski definition) is 7. The van der Waals surface area contributed by atoms with E-state index >= 15 is 0 Å². The Labute approximate surface area is 204 Å². The number of benzene rings is 1. The minimum atomic E-state index is -3.44. The molecule has 1 aliphatic heterocycles. The predicted molar refractivity (Wildman–Crippen MR) is 133 cm³/mol. The topological polar surface area (TPSA) is 141 Å². The molecule has 10 nitrogen and oxygen atoms in total. The number of pyridine rings is 2. The Morgan fingerprint density at radius 1 is 1.08 bits per heavy atom. The van der Waals surface area contributed by atoms with Crippen molar-refractivity contribution >= 4 is 32.3 Å². The van der Waals surface area contributed by atoms with Crippen molar-refractivity contribution in [3.05, 3.63) is 84.0 Å². The van der Waals surface area contributed by atoms with Crippen LogP contribution in [0.2, 0.25) is 0 Å². The number of anilines is 1. The van der Waals surface area contributed by atoms with Crippen LogP contribution in [0.25, 0.3) is 39.3 Å². The number of hydrogen-bond donors (Lipinski definition) is 4. The van der Waals surface area contributed by atoms with Crippen molar-refractivity contribution in [3.63, 3.8) is 0 Å². The van der Waals surface area contributed by atoms with Gasteiger partial charge in [0.05, 0.1) is 41.5 Å². The van der Waals surface area contributed by atoms with E-state index in [0.717, 1.165) is 17.5 Å². The Morgan fingerprint density at radius 2 is 1.92 bits per heavy atom. The summed E-state index contributed by atoms with van der Waals surface area (Å²) in [4.78, 5) is 16.7. The Bertz CT molecular complexity index is 1770. The highest BCUT2D eigenvalue weighted by Gasteiger charge is 2.23. The van der Waals surface area contributed by atoms with Gasteiger partial charge in [-0.25, -0.2) is 22.8 Å². The molecule has 5 heterocycles. The molecule has 0 atom stereocenters. The monoisotopic (exact) mass is 502 g/mol. The first-order valence-electron chi connectivity index (χ1n) is 10.9. The summed E-state index contributed by atoms with van der Waals surface area (Å²) >= 11 is 0. The zero-order chi connectivity index (χ0) is 24.9. The van der Waals surface area contributed by atoms with Crippen molar-refractivity contribution in [1.29, 1.82) is 0 Å². The van der Waals surface area contributed by atoms with Gasteiger partial charge in [-0.2, -0.15) is 5.10 Å². The Kier molecular flexibility index (Phi) is 5.04. The third-order valence-electron chi connectivity index (χ3n) is 5.74. The van der Waals surface area contributed by atoms with Crippen LogP contribution >= 0.6 is 0 Å². The summed E-state index contributed by atoms with van der Waals surface area (Å²) in [6.07, 6.45) is 7.54. The lowest BCUT2D eigenvalue weighted by Crippen LogP contribution is -2.14. The number of sulfonamides is 1. The second-order valence-electron chi connectivity index (χ2n) is 8.36. The molecule has 1 aliphatic rings. The van der Waals surface area contributed by atoms with Crippen LogP contribution in [0.4, 0.5) is 10.1 Å². The molecule has 0 fully saturated rings. The summed E-state index contributed by atoms with van der Waals surface area (Å²) < 4.78 is 40.1. The number of fused-ring (bicyclic) bond motifs is 2. The molecule has 4 aromatic heterocycles. The molecule has 0 amide bonds. The SMILES string of the molecule is CS(=O)(=O)Nc1cncc(-c2cnc3n[nH]c(-c4nc5c([nH]4)CNC=C5c4ccccc4F)c3c2)c1. The lowest BCUT2D eigenvalue weighted by atomic mass is 10.00. The lowest BCUT2D eigenvalue weighted by molar-refractivity contribution is 0.606. The molecule has 0 bridgehead atoms. The van der Waals surface area contributed by atoms with Gasteiger partial charge < -0.3 is 10.3 Å². The number of aromatic nitrogens is 6. The van der Waals surface area contributed by atoms with E-state index in [1.54, 1.807) is 42.9 Å². The van der Waals surface area contributed by atoms with Crippen molar-refractivity contribution in [2.75, 3.05) is 11.0 Å². The number of halogens is 1. The molecular formula is C24H19FN8O2S. The van der Waals surface area contributed by atoms with Crippen LogP contribution in [0.15, 0.2) is 61.2 Å². The van der Waals surface area contributed by atoms with Gasteiger partial charge >= 0.3 is 0 Å². The molecule has 12 heteroatoms. The molecule has 6 rings (SSSR count). The van der Waals surface area contributed by atoms with Gasteiger partial charge in [-0.1, -0.05) is 18.2 Å². The fourth-order valence-corrected chi connectivity index (χ4v) is 4.73. The summed E-state index contributed by atoms with van der Waals surface area (Å²) in [6, 6.07) is 10.1. The van der Waals surface area contributed by atoms with Crippen molar-refractivity contribution in [2.45, 2.75) is 6.54 Å². The predicted octanol–water partition coefficient (Wildman–Crippen LogP) is 3.41. The molecule has 180 valence electrons. The van der Waals surface area contributed by atoms with Gasteiger partial charge in [-0.3, -0.25) is 14.8 Å². The summed E-state index contributed by atoms with van der Waals surface area (Å²) in [7, 11) is -3.44. The van der Waals surface area contributed by atoms with E-state index in [-0.39, 0.29) is 5.82 Å². The van der Waals surface area contributed by atoms with Gasteiger partial charge in [0.1, 0.15) is 11.5 Å². The standard InChI is InChI=1S/C24H19FN8O2S/c1-36(34,35)33-15-6-13(8-26-10-15)14-7-17-22(31-32-23(17)28-9-14)24-29-20-12-27-11-18(21(20)30-24)16-4-2-3-5-19(16)25/h2-11,27,33H,12H2,1H3,(H,29,30)(H,28,31,32). The number of nitrogens with one attached hydrogen (secondary N) is 4. The minimum Gasteiger partial charge on any atom is -0.385 e.